The summed E-state index contributed by atoms with van der Waals surface area (Å²) in [5.41, 5.74) is 5.24. The molecule has 0 radical (unpaired) electrons. The molecule has 0 aromatic heterocycles. The summed E-state index contributed by atoms with van der Waals surface area (Å²) in [4.78, 5) is 10.5. The molecule has 0 aliphatic heterocycles. The van der Waals surface area contributed by atoms with E-state index in [2.05, 4.69) is 4.72 Å². The smallest absolute Gasteiger partial charge is 0.264 e. The average Bonchev–Trinajstić information content (AvgIpc) is 2.38. The van der Waals surface area contributed by atoms with Crippen LogP contribution in [0.25, 0.3) is 0 Å². The molecule has 0 atom stereocenters. The molecule has 0 spiro atoms. The van der Waals surface area contributed by atoms with Gasteiger partial charge in [0.15, 0.2) is 0 Å². The summed E-state index contributed by atoms with van der Waals surface area (Å²) < 4.78 is 39.8. The van der Waals surface area contributed by atoms with Crippen molar-refractivity contribution in [3.05, 3.63) is 58.9 Å². The maximum atomic E-state index is 13.5. The van der Waals surface area contributed by atoms with Gasteiger partial charge in [-0.2, -0.15) is 0 Å². The van der Waals surface area contributed by atoms with Crippen LogP contribution in [0.4, 0.5) is 10.1 Å². The molecule has 3 N–H and O–H groups in total. The number of carbonyl (C=O) groups excluding carboxylic acids is 1. The van der Waals surface area contributed by atoms with Crippen LogP contribution in [0.15, 0.2) is 47.4 Å². The molecule has 0 aliphatic rings. The molecular weight excluding hydrogens is 319 g/mol. The highest BCUT2D eigenvalue weighted by Gasteiger charge is 2.19. The van der Waals surface area contributed by atoms with E-state index in [4.69, 9.17) is 17.3 Å². The van der Waals surface area contributed by atoms with Gasteiger partial charge in [0.05, 0.1) is 16.3 Å². The van der Waals surface area contributed by atoms with Crippen LogP contribution >= 0.6 is 11.6 Å². The van der Waals surface area contributed by atoms with E-state index in [0.29, 0.717) is 0 Å². The van der Waals surface area contributed by atoms with Crippen LogP contribution in [0.1, 0.15) is 10.4 Å². The molecule has 0 saturated heterocycles. The molecule has 0 fully saturated rings. The lowest BCUT2D eigenvalue weighted by Gasteiger charge is -2.10. The number of halogens is 2. The van der Waals surface area contributed by atoms with Crippen molar-refractivity contribution in [3.8, 4) is 0 Å². The van der Waals surface area contributed by atoms with Crippen molar-refractivity contribution in [3.63, 3.8) is 0 Å². The average molecular weight is 329 g/mol. The van der Waals surface area contributed by atoms with Gasteiger partial charge < -0.3 is 5.73 Å². The molecule has 2 aromatic rings. The first-order valence-corrected chi connectivity index (χ1v) is 7.54. The van der Waals surface area contributed by atoms with E-state index in [9.17, 15) is 17.6 Å². The number of primary amides is 1. The first-order valence-electron chi connectivity index (χ1n) is 5.68. The summed E-state index contributed by atoms with van der Waals surface area (Å²) in [5.74, 6) is -1.60. The van der Waals surface area contributed by atoms with Crippen LogP contribution < -0.4 is 10.5 Å². The third kappa shape index (κ3) is 3.32. The van der Waals surface area contributed by atoms with Crippen LogP contribution in [-0.2, 0) is 10.0 Å². The van der Waals surface area contributed by atoms with Crippen LogP contribution in [0.5, 0.6) is 0 Å². The van der Waals surface area contributed by atoms with Gasteiger partial charge in [-0.3, -0.25) is 9.52 Å². The van der Waals surface area contributed by atoms with Gasteiger partial charge in [-0.15, -0.1) is 0 Å². The van der Waals surface area contributed by atoms with Crippen molar-refractivity contribution in [1.82, 2.24) is 0 Å². The van der Waals surface area contributed by atoms with Gasteiger partial charge in [-0.05, 0) is 30.3 Å². The van der Waals surface area contributed by atoms with E-state index in [1.54, 1.807) is 0 Å². The summed E-state index contributed by atoms with van der Waals surface area (Å²) >= 11 is 5.82. The maximum absolute atomic E-state index is 13.5. The quantitative estimate of drug-likeness (QED) is 0.903. The Morgan fingerprint density at radius 3 is 2.43 bits per heavy atom. The van der Waals surface area contributed by atoms with Crippen molar-refractivity contribution < 1.29 is 17.6 Å². The molecule has 8 heteroatoms. The Morgan fingerprint density at radius 1 is 1.19 bits per heavy atom. The zero-order valence-electron chi connectivity index (χ0n) is 10.5. The molecule has 5 nitrogen and oxygen atoms in total. The summed E-state index contributed by atoms with van der Waals surface area (Å²) in [5, 5.41) is -0.00349. The van der Waals surface area contributed by atoms with E-state index in [1.165, 1.54) is 30.3 Å². The fourth-order valence-electron chi connectivity index (χ4n) is 1.65. The van der Waals surface area contributed by atoms with Gasteiger partial charge in [0, 0.05) is 0 Å². The topological polar surface area (TPSA) is 89.3 Å². The number of hydrogen-bond acceptors (Lipinski definition) is 3. The molecule has 1 amide bonds. The predicted molar refractivity (Wildman–Crippen MR) is 77.2 cm³/mol. The van der Waals surface area contributed by atoms with Gasteiger partial charge >= 0.3 is 0 Å². The Kier molecular flexibility index (Phi) is 4.15. The Labute approximate surface area is 125 Å². The minimum Gasteiger partial charge on any atom is -0.366 e. The number of amides is 1. The molecule has 0 heterocycles. The van der Waals surface area contributed by atoms with Gasteiger partial charge in [-0.25, -0.2) is 12.8 Å². The summed E-state index contributed by atoms with van der Waals surface area (Å²) in [7, 11) is -4.09. The summed E-state index contributed by atoms with van der Waals surface area (Å²) in [6.45, 7) is 0. The predicted octanol–water partition coefficient (Wildman–Crippen LogP) is 2.38. The molecule has 21 heavy (non-hydrogen) atoms. The molecule has 2 rings (SSSR count). The maximum Gasteiger partial charge on any atom is 0.264 e. The van der Waals surface area contributed by atoms with Crippen LogP contribution in [0.3, 0.4) is 0 Å². The fourth-order valence-corrected chi connectivity index (χ4v) is 3.05. The van der Waals surface area contributed by atoms with Crippen molar-refractivity contribution in [1.29, 1.82) is 0 Å². The Morgan fingerprint density at radius 2 is 1.86 bits per heavy atom. The second-order valence-electron chi connectivity index (χ2n) is 4.09. The normalized spacial score (nSPS) is 11.1. The molecule has 0 unspecified atom stereocenters. The number of hydrogen-bond donors (Lipinski definition) is 2. The number of sulfonamides is 1. The monoisotopic (exact) mass is 328 g/mol. The van der Waals surface area contributed by atoms with E-state index < -0.39 is 26.6 Å². The number of nitrogens with two attached hydrogens (primary N) is 1. The van der Waals surface area contributed by atoms with Crippen molar-refractivity contribution in [2.75, 3.05) is 4.72 Å². The van der Waals surface area contributed by atoms with Crippen molar-refractivity contribution in [2.24, 2.45) is 5.73 Å². The number of anilines is 1. The lowest BCUT2D eigenvalue weighted by molar-refractivity contribution is 0.100. The van der Waals surface area contributed by atoms with Gasteiger partial charge in [0.2, 0.25) is 5.91 Å². The Balaban J connectivity index is 2.36. The van der Waals surface area contributed by atoms with E-state index in [0.717, 1.165) is 12.1 Å². The zero-order chi connectivity index (χ0) is 15.6. The first kappa shape index (κ1) is 15.3. The van der Waals surface area contributed by atoms with Crippen LogP contribution in [-0.4, -0.2) is 14.3 Å². The summed E-state index contributed by atoms with van der Waals surface area (Å²) in [6.07, 6.45) is 0. The first-order chi connectivity index (χ1) is 9.81. The molecule has 0 saturated carbocycles. The Hall–Kier alpha value is -2.12. The minimum absolute atomic E-state index is 0.00349. The third-order valence-corrected chi connectivity index (χ3v) is 4.34. The lowest BCUT2D eigenvalue weighted by atomic mass is 10.2. The molecular formula is C13H10ClFN2O3S. The van der Waals surface area contributed by atoms with E-state index in [1.807, 2.05) is 0 Å². The number of benzene rings is 2. The number of rotatable bonds is 4. The second kappa shape index (κ2) is 5.71. The van der Waals surface area contributed by atoms with Crippen molar-refractivity contribution in [2.45, 2.75) is 4.90 Å². The zero-order valence-corrected chi connectivity index (χ0v) is 12.1. The Bertz CT molecular complexity index is 809. The standard InChI is InChI=1S/C13H10ClFN2O3S/c14-10-7-8(5-6-9(10)13(16)18)17-21(19,20)12-4-2-1-3-11(12)15/h1-7,17H,(H2,16,18). The SMILES string of the molecule is NC(=O)c1ccc(NS(=O)(=O)c2ccccc2F)cc1Cl. The molecule has 110 valence electrons. The summed E-state index contributed by atoms with van der Waals surface area (Å²) in [6, 6.07) is 8.77. The number of nitrogens with one attached hydrogen (secondary N) is 1. The van der Waals surface area contributed by atoms with Crippen LogP contribution in [0.2, 0.25) is 5.02 Å². The highest BCUT2D eigenvalue weighted by Crippen LogP contribution is 2.23. The van der Waals surface area contributed by atoms with Gasteiger partial charge in [-0.1, -0.05) is 23.7 Å². The van der Waals surface area contributed by atoms with Crippen molar-refractivity contribution >= 4 is 33.2 Å². The highest BCUT2D eigenvalue weighted by molar-refractivity contribution is 7.92. The fraction of sp³-hybridized carbons (Fsp3) is 0. The van der Waals surface area contributed by atoms with E-state index in [-0.39, 0.29) is 16.3 Å². The van der Waals surface area contributed by atoms with Crippen LogP contribution in [0, 0.1) is 5.82 Å². The second-order valence-corrected chi connectivity index (χ2v) is 6.15. The molecule has 0 aliphatic carbocycles. The van der Waals surface area contributed by atoms with Gasteiger partial charge in [0.25, 0.3) is 10.0 Å². The molecule has 0 bridgehead atoms. The third-order valence-electron chi connectivity index (χ3n) is 2.61. The van der Waals surface area contributed by atoms with Gasteiger partial charge in [0.1, 0.15) is 10.7 Å². The minimum atomic E-state index is -4.09. The largest absolute Gasteiger partial charge is 0.366 e. The van der Waals surface area contributed by atoms with E-state index >= 15 is 0 Å². The highest BCUT2D eigenvalue weighted by atomic mass is 35.5. The molecule has 2 aromatic carbocycles. The lowest BCUT2D eigenvalue weighted by Crippen LogP contribution is -2.15. The number of carbonyl (C=O) groups is 1.